The number of benzene rings is 1. The Morgan fingerprint density at radius 2 is 2.06 bits per heavy atom. The molecule has 0 aliphatic carbocycles. The fraction of sp³-hybridized carbons (Fsp3) is 0.385. The van der Waals surface area contributed by atoms with E-state index in [1.165, 1.54) is 6.92 Å². The smallest absolute Gasteiger partial charge is 0.227 e. The van der Waals surface area contributed by atoms with E-state index < -0.39 is 0 Å². The number of aliphatic hydroxyl groups excluding tert-OH is 1. The van der Waals surface area contributed by atoms with Crippen molar-refractivity contribution in [3.63, 3.8) is 0 Å². The molecule has 1 heterocycles. The first kappa shape index (κ1) is 11.8. The van der Waals surface area contributed by atoms with E-state index >= 15 is 0 Å². The van der Waals surface area contributed by atoms with Gasteiger partial charge in [-0.1, -0.05) is 0 Å². The zero-order chi connectivity index (χ0) is 12.4. The van der Waals surface area contributed by atoms with Crippen molar-refractivity contribution in [1.29, 1.82) is 0 Å². The van der Waals surface area contributed by atoms with E-state index in [1.54, 1.807) is 29.2 Å². The minimum absolute atomic E-state index is 0.0116. The monoisotopic (exact) mass is 233 g/mol. The molecule has 1 unspecified atom stereocenters. The number of hydrogen-bond donors (Lipinski definition) is 1. The number of amides is 1. The predicted molar refractivity (Wildman–Crippen MR) is 64.0 cm³/mol. The van der Waals surface area contributed by atoms with Crippen LogP contribution in [0.2, 0.25) is 0 Å². The Bertz CT molecular complexity index is 438. The minimum Gasteiger partial charge on any atom is -0.396 e. The third-order valence-electron chi connectivity index (χ3n) is 3.05. The molecule has 0 spiro atoms. The lowest BCUT2D eigenvalue weighted by Crippen LogP contribution is -2.24. The Balaban J connectivity index is 2.18. The highest BCUT2D eigenvalue weighted by Gasteiger charge is 2.29. The molecule has 1 aromatic rings. The number of rotatable bonds is 3. The summed E-state index contributed by atoms with van der Waals surface area (Å²) in [7, 11) is 0. The second-order valence-electron chi connectivity index (χ2n) is 4.36. The van der Waals surface area contributed by atoms with Crippen LogP contribution < -0.4 is 4.90 Å². The summed E-state index contributed by atoms with van der Waals surface area (Å²) in [6, 6.07) is 6.98. The molecule has 1 amide bonds. The summed E-state index contributed by atoms with van der Waals surface area (Å²) in [5.74, 6) is 0.0622. The van der Waals surface area contributed by atoms with Gasteiger partial charge in [-0.15, -0.1) is 0 Å². The number of hydrogen-bond acceptors (Lipinski definition) is 3. The van der Waals surface area contributed by atoms with Gasteiger partial charge in [0.25, 0.3) is 0 Å². The second kappa shape index (κ2) is 4.67. The number of Topliss-reactive ketones (excluding diaryl/α,β-unsaturated/α-hetero) is 1. The molecule has 4 nitrogen and oxygen atoms in total. The highest BCUT2D eigenvalue weighted by Crippen LogP contribution is 2.25. The van der Waals surface area contributed by atoms with Gasteiger partial charge >= 0.3 is 0 Å². The summed E-state index contributed by atoms with van der Waals surface area (Å²) in [6.07, 6.45) is 0.394. The van der Waals surface area contributed by atoms with Crippen LogP contribution in [0.1, 0.15) is 23.7 Å². The molecule has 1 aliphatic heterocycles. The third kappa shape index (κ3) is 2.36. The van der Waals surface area contributed by atoms with Gasteiger partial charge in [-0.25, -0.2) is 0 Å². The summed E-state index contributed by atoms with van der Waals surface area (Å²) in [5.41, 5.74) is 1.43. The van der Waals surface area contributed by atoms with Crippen LogP contribution in [0.15, 0.2) is 24.3 Å². The van der Waals surface area contributed by atoms with Crippen LogP contribution in [0.3, 0.4) is 0 Å². The first-order chi connectivity index (χ1) is 8.11. The van der Waals surface area contributed by atoms with Crippen LogP contribution in [0.4, 0.5) is 5.69 Å². The van der Waals surface area contributed by atoms with Gasteiger partial charge in [0.1, 0.15) is 0 Å². The fourth-order valence-electron chi connectivity index (χ4n) is 2.03. The van der Waals surface area contributed by atoms with Gasteiger partial charge in [0.05, 0.1) is 0 Å². The van der Waals surface area contributed by atoms with Gasteiger partial charge in [-0.3, -0.25) is 9.59 Å². The third-order valence-corrected chi connectivity index (χ3v) is 3.05. The molecule has 0 saturated carbocycles. The molecule has 0 bridgehead atoms. The molecule has 2 rings (SSSR count). The topological polar surface area (TPSA) is 57.6 Å². The van der Waals surface area contributed by atoms with E-state index in [4.69, 9.17) is 5.11 Å². The maximum absolute atomic E-state index is 11.7. The van der Waals surface area contributed by atoms with E-state index in [1.807, 2.05) is 0 Å². The highest BCUT2D eigenvalue weighted by atomic mass is 16.3. The number of carbonyl (C=O) groups is 2. The van der Waals surface area contributed by atoms with Crippen molar-refractivity contribution in [2.24, 2.45) is 5.92 Å². The lowest BCUT2D eigenvalue weighted by atomic mass is 10.1. The maximum atomic E-state index is 11.7. The van der Waals surface area contributed by atoms with Gasteiger partial charge in [0.15, 0.2) is 5.78 Å². The van der Waals surface area contributed by atoms with E-state index in [0.29, 0.717) is 18.5 Å². The summed E-state index contributed by atoms with van der Waals surface area (Å²) >= 11 is 0. The summed E-state index contributed by atoms with van der Waals surface area (Å²) in [4.78, 5) is 24.5. The number of aliphatic hydroxyl groups is 1. The van der Waals surface area contributed by atoms with Gasteiger partial charge in [0, 0.05) is 36.7 Å². The van der Waals surface area contributed by atoms with Gasteiger partial charge in [-0.05, 0) is 31.2 Å². The van der Waals surface area contributed by atoms with Crippen molar-refractivity contribution in [2.75, 3.05) is 18.1 Å². The average molecular weight is 233 g/mol. The SMILES string of the molecule is CC(=O)c1ccc(N2CC(CO)CC2=O)cc1. The van der Waals surface area contributed by atoms with Gasteiger partial charge in [-0.2, -0.15) is 0 Å². The Kier molecular flexibility index (Phi) is 3.24. The number of carbonyl (C=O) groups excluding carboxylic acids is 2. The Morgan fingerprint density at radius 3 is 2.53 bits per heavy atom. The summed E-state index contributed by atoms with van der Waals surface area (Å²) in [6.45, 7) is 2.10. The second-order valence-corrected chi connectivity index (χ2v) is 4.36. The van der Waals surface area contributed by atoms with Crippen molar-refractivity contribution in [2.45, 2.75) is 13.3 Å². The molecule has 1 N–H and O–H groups in total. The zero-order valence-corrected chi connectivity index (χ0v) is 9.72. The largest absolute Gasteiger partial charge is 0.396 e. The van der Waals surface area contributed by atoms with Crippen LogP contribution in [0, 0.1) is 5.92 Å². The molecule has 4 heteroatoms. The van der Waals surface area contributed by atoms with E-state index in [2.05, 4.69) is 0 Å². The van der Waals surface area contributed by atoms with Crippen molar-refractivity contribution < 1.29 is 14.7 Å². The van der Waals surface area contributed by atoms with Crippen molar-refractivity contribution in [3.05, 3.63) is 29.8 Å². The van der Waals surface area contributed by atoms with Crippen LogP contribution in [-0.2, 0) is 4.79 Å². The molecule has 1 aromatic carbocycles. The van der Waals surface area contributed by atoms with E-state index in [0.717, 1.165) is 5.69 Å². The molecule has 1 saturated heterocycles. The van der Waals surface area contributed by atoms with Gasteiger partial charge < -0.3 is 10.0 Å². The molecule has 1 aliphatic rings. The van der Waals surface area contributed by atoms with Crippen LogP contribution in [0.25, 0.3) is 0 Å². The summed E-state index contributed by atoms with van der Waals surface area (Å²) in [5, 5.41) is 9.04. The highest BCUT2D eigenvalue weighted by molar-refractivity contribution is 5.97. The first-order valence-corrected chi connectivity index (χ1v) is 5.64. The number of nitrogens with zero attached hydrogens (tertiary/aromatic N) is 1. The van der Waals surface area contributed by atoms with Gasteiger partial charge in [0.2, 0.25) is 5.91 Å². The molecule has 0 radical (unpaired) electrons. The van der Waals surface area contributed by atoms with Crippen molar-refractivity contribution in [3.8, 4) is 0 Å². The molecule has 1 atom stereocenters. The minimum atomic E-state index is 0.0116. The molecular formula is C13H15NO3. The quantitative estimate of drug-likeness (QED) is 0.799. The molecular weight excluding hydrogens is 218 g/mol. The molecule has 90 valence electrons. The Morgan fingerprint density at radius 1 is 1.41 bits per heavy atom. The van der Waals surface area contributed by atoms with Crippen molar-refractivity contribution in [1.82, 2.24) is 0 Å². The number of anilines is 1. The lowest BCUT2D eigenvalue weighted by Gasteiger charge is -2.16. The van der Waals surface area contributed by atoms with Crippen LogP contribution >= 0.6 is 0 Å². The zero-order valence-electron chi connectivity index (χ0n) is 9.72. The lowest BCUT2D eigenvalue weighted by molar-refractivity contribution is -0.117. The molecule has 0 aromatic heterocycles. The van der Waals surface area contributed by atoms with E-state index in [9.17, 15) is 9.59 Å². The first-order valence-electron chi connectivity index (χ1n) is 5.64. The predicted octanol–water partition coefficient (Wildman–Crippen LogP) is 1.23. The van der Waals surface area contributed by atoms with Crippen molar-refractivity contribution >= 4 is 17.4 Å². The Labute approximate surface area is 99.9 Å². The summed E-state index contributed by atoms with van der Waals surface area (Å²) < 4.78 is 0. The fourth-order valence-corrected chi connectivity index (χ4v) is 2.03. The van der Waals surface area contributed by atoms with E-state index in [-0.39, 0.29) is 24.2 Å². The molecule has 1 fully saturated rings. The van der Waals surface area contributed by atoms with Crippen LogP contribution in [-0.4, -0.2) is 29.9 Å². The van der Waals surface area contributed by atoms with Crippen LogP contribution in [0.5, 0.6) is 0 Å². The maximum Gasteiger partial charge on any atom is 0.227 e. The normalized spacial score (nSPS) is 19.8. The Hall–Kier alpha value is -1.68. The molecule has 17 heavy (non-hydrogen) atoms. The average Bonchev–Trinajstić information content (AvgIpc) is 2.71. The number of ketones is 1. The standard InChI is InChI=1S/C13H15NO3/c1-9(16)11-2-4-12(5-3-11)14-7-10(8-15)6-13(14)17/h2-5,10,15H,6-8H2,1H3.